The largest absolute Gasteiger partial charge is 0.314 e. The lowest BCUT2D eigenvalue weighted by atomic mass is 10.0. The van der Waals surface area contributed by atoms with Crippen LogP contribution in [0.2, 0.25) is 0 Å². The molecular formula is C14H19F2N. The number of halogens is 2. The zero-order valence-electron chi connectivity index (χ0n) is 10.2. The van der Waals surface area contributed by atoms with Crippen LogP contribution >= 0.6 is 0 Å². The van der Waals surface area contributed by atoms with Crippen molar-refractivity contribution in [3.05, 3.63) is 35.4 Å². The van der Waals surface area contributed by atoms with Gasteiger partial charge in [-0.05, 0) is 49.8 Å². The summed E-state index contributed by atoms with van der Waals surface area (Å²) in [5.74, 6) is -0.161. The highest BCUT2D eigenvalue weighted by Gasteiger charge is 2.30. The third kappa shape index (κ3) is 3.50. The second-order valence-corrected chi connectivity index (χ2v) is 4.78. The molecule has 0 radical (unpaired) electrons. The Kier molecular flexibility index (Phi) is 4.11. The van der Waals surface area contributed by atoms with Crippen molar-refractivity contribution in [3.63, 3.8) is 0 Å². The Balaban J connectivity index is 1.91. The summed E-state index contributed by atoms with van der Waals surface area (Å²) < 4.78 is 26.2. The highest BCUT2D eigenvalue weighted by molar-refractivity contribution is 5.18. The fourth-order valence-corrected chi connectivity index (χ4v) is 2.30. The maximum Gasteiger partial charge on any atom is 0.129 e. The molecule has 1 N–H and O–H groups in total. The quantitative estimate of drug-likeness (QED) is 0.803. The highest BCUT2D eigenvalue weighted by atomic mass is 19.1. The topological polar surface area (TPSA) is 12.0 Å². The van der Waals surface area contributed by atoms with Crippen molar-refractivity contribution in [2.75, 3.05) is 6.54 Å². The van der Waals surface area contributed by atoms with Gasteiger partial charge in [-0.3, -0.25) is 0 Å². The Morgan fingerprint density at radius 2 is 2.12 bits per heavy atom. The van der Waals surface area contributed by atoms with Gasteiger partial charge in [0.2, 0.25) is 0 Å². The van der Waals surface area contributed by atoms with E-state index in [0.29, 0.717) is 18.0 Å². The summed E-state index contributed by atoms with van der Waals surface area (Å²) in [5.41, 5.74) is 0.620. The zero-order chi connectivity index (χ0) is 12.3. The van der Waals surface area contributed by atoms with Crippen molar-refractivity contribution in [2.24, 2.45) is 5.92 Å². The number of aryl methyl sites for hydroxylation is 1. The summed E-state index contributed by atoms with van der Waals surface area (Å²) in [6, 6.07) is 4.34. The van der Waals surface area contributed by atoms with E-state index in [1.807, 2.05) is 0 Å². The van der Waals surface area contributed by atoms with Crippen LogP contribution in [0, 0.1) is 17.6 Å². The molecule has 0 saturated heterocycles. The van der Waals surface area contributed by atoms with Crippen LogP contribution in [-0.4, -0.2) is 12.6 Å². The summed E-state index contributed by atoms with van der Waals surface area (Å²) in [4.78, 5) is 0. The lowest BCUT2D eigenvalue weighted by Crippen LogP contribution is -2.31. The van der Waals surface area contributed by atoms with Gasteiger partial charge in [-0.15, -0.1) is 0 Å². The monoisotopic (exact) mass is 239 g/mol. The Labute approximate surface area is 101 Å². The zero-order valence-corrected chi connectivity index (χ0v) is 10.2. The molecule has 1 unspecified atom stereocenters. The van der Waals surface area contributed by atoms with Crippen LogP contribution in [0.15, 0.2) is 18.2 Å². The fraction of sp³-hybridized carbons (Fsp3) is 0.571. The summed E-state index contributed by atoms with van der Waals surface area (Å²) in [6.07, 6.45) is 4.18. The molecule has 1 aromatic carbocycles. The number of rotatable bonds is 6. The predicted molar refractivity (Wildman–Crippen MR) is 64.9 cm³/mol. The molecule has 0 aliphatic heterocycles. The van der Waals surface area contributed by atoms with Gasteiger partial charge in [-0.1, -0.05) is 13.0 Å². The molecule has 94 valence electrons. The molecule has 17 heavy (non-hydrogen) atoms. The van der Waals surface area contributed by atoms with E-state index in [1.165, 1.54) is 18.9 Å². The van der Waals surface area contributed by atoms with E-state index in [4.69, 9.17) is 0 Å². The molecule has 0 bridgehead atoms. The van der Waals surface area contributed by atoms with Gasteiger partial charge in [0.05, 0.1) is 0 Å². The molecule has 1 nitrogen and oxygen atoms in total. The molecule has 1 aliphatic carbocycles. The first-order chi connectivity index (χ1) is 8.20. The molecule has 1 fully saturated rings. The summed E-state index contributed by atoms with van der Waals surface area (Å²) in [7, 11) is 0. The smallest absolute Gasteiger partial charge is 0.129 e. The molecule has 0 heterocycles. The Morgan fingerprint density at radius 1 is 1.35 bits per heavy atom. The number of hydrogen-bond acceptors (Lipinski definition) is 1. The van der Waals surface area contributed by atoms with Crippen LogP contribution in [0.25, 0.3) is 0 Å². The molecular weight excluding hydrogens is 220 g/mol. The summed E-state index contributed by atoms with van der Waals surface area (Å²) in [6.45, 7) is 3.04. The van der Waals surface area contributed by atoms with E-state index in [9.17, 15) is 8.78 Å². The molecule has 0 spiro atoms. The second kappa shape index (κ2) is 5.58. The fourth-order valence-electron chi connectivity index (χ4n) is 2.30. The van der Waals surface area contributed by atoms with Crippen molar-refractivity contribution in [1.29, 1.82) is 0 Å². The third-order valence-electron chi connectivity index (χ3n) is 3.40. The number of benzene rings is 1. The van der Waals surface area contributed by atoms with Gasteiger partial charge < -0.3 is 5.32 Å². The van der Waals surface area contributed by atoms with Crippen LogP contribution < -0.4 is 5.32 Å². The van der Waals surface area contributed by atoms with Crippen LogP contribution in [0.3, 0.4) is 0 Å². The predicted octanol–water partition coefficient (Wildman–Crippen LogP) is 3.29. The number of hydrogen-bond donors (Lipinski definition) is 1. The molecule has 1 aliphatic rings. The van der Waals surface area contributed by atoms with Gasteiger partial charge in [0.1, 0.15) is 11.6 Å². The minimum Gasteiger partial charge on any atom is -0.314 e. The van der Waals surface area contributed by atoms with Gasteiger partial charge in [-0.2, -0.15) is 0 Å². The molecule has 1 aromatic rings. The van der Waals surface area contributed by atoms with Crippen LogP contribution in [0.4, 0.5) is 8.78 Å². The van der Waals surface area contributed by atoms with Gasteiger partial charge in [0.25, 0.3) is 0 Å². The Bertz CT molecular complexity index is 374. The summed E-state index contributed by atoms with van der Waals surface area (Å²) >= 11 is 0. The van der Waals surface area contributed by atoms with Gasteiger partial charge in [-0.25, -0.2) is 8.78 Å². The van der Waals surface area contributed by atoms with E-state index in [2.05, 4.69) is 12.2 Å². The molecule has 1 saturated carbocycles. The minimum atomic E-state index is -0.503. The first-order valence-electron chi connectivity index (χ1n) is 6.38. The maximum atomic E-state index is 13.4. The first-order valence-corrected chi connectivity index (χ1v) is 6.38. The first kappa shape index (κ1) is 12.5. The lowest BCUT2D eigenvalue weighted by molar-refractivity contribution is 0.442. The van der Waals surface area contributed by atoms with Gasteiger partial charge in [0.15, 0.2) is 0 Å². The van der Waals surface area contributed by atoms with E-state index in [0.717, 1.165) is 24.9 Å². The second-order valence-electron chi connectivity index (χ2n) is 4.78. The van der Waals surface area contributed by atoms with Crippen molar-refractivity contribution >= 4 is 0 Å². The Morgan fingerprint density at radius 3 is 2.71 bits per heavy atom. The normalized spacial score (nSPS) is 17.1. The average Bonchev–Trinajstić information content (AvgIpc) is 3.10. The van der Waals surface area contributed by atoms with Crippen LogP contribution in [0.1, 0.15) is 31.7 Å². The van der Waals surface area contributed by atoms with Gasteiger partial charge in [0, 0.05) is 12.1 Å². The van der Waals surface area contributed by atoms with E-state index < -0.39 is 11.6 Å². The lowest BCUT2D eigenvalue weighted by Gasteiger charge is -2.17. The highest BCUT2D eigenvalue weighted by Crippen LogP contribution is 2.34. The van der Waals surface area contributed by atoms with Crippen LogP contribution in [-0.2, 0) is 6.42 Å². The van der Waals surface area contributed by atoms with E-state index in [-0.39, 0.29) is 0 Å². The van der Waals surface area contributed by atoms with Crippen molar-refractivity contribution in [2.45, 2.75) is 38.6 Å². The van der Waals surface area contributed by atoms with Crippen molar-refractivity contribution < 1.29 is 8.78 Å². The SMILES string of the molecule is CCNC(CCc1ccc(F)cc1F)C1CC1. The third-order valence-corrected chi connectivity index (χ3v) is 3.40. The van der Waals surface area contributed by atoms with Crippen molar-refractivity contribution in [1.82, 2.24) is 5.32 Å². The molecule has 0 amide bonds. The van der Waals surface area contributed by atoms with E-state index >= 15 is 0 Å². The molecule has 0 aromatic heterocycles. The Hall–Kier alpha value is -0.960. The molecule has 1 atom stereocenters. The van der Waals surface area contributed by atoms with E-state index in [1.54, 1.807) is 6.07 Å². The average molecular weight is 239 g/mol. The standard InChI is InChI=1S/C14H19F2N/c1-2-17-14(11-3-4-11)8-6-10-5-7-12(15)9-13(10)16/h5,7,9,11,14,17H,2-4,6,8H2,1H3. The summed E-state index contributed by atoms with van der Waals surface area (Å²) in [5, 5.41) is 3.45. The minimum absolute atomic E-state index is 0.420. The molecule has 3 heteroatoms. The number of nitrogens with one attached hydrogen (secondary N) is 1. The maximum absolute atomic E-state index is 13.4. The molecule has 2 rings (SSSR count). The van der Waals surface area contributed by atoms with Crippen molar-refractivity contribution in [3.8, 4) is 0 Å². The van der Waals surface area contributed by atoms with Gasteiger partial charge >= 0.3 is 0 Å². The van der Waals surface area contributed by atoms with Crippen LogP contribution in [0.5, 0.6) is 0 Å².